The van der Waals surface area contributed by atoms with Gasteiger partial charge in [-0.05, 0) is 73.5 Å². The molecule has 0 radical (unpaired) electrons. The molecule has 4 aliphatic carbocycles. The first-order valence-corrected chi connectivity index (χ1v) is 7.50. The van der Waals surface area contributed by atoms with E-state index in [2.05, 4.69) is 19.9 Å². The second-order valence-corrected chi connectivity index (χ2v) is 7.49. The maximum Gasteiger partial charge on any atom is 0.0624 e. The molecule has 0 spiro atoms. The molecule has 1 heteroatoms. The fourth-order valence-electron chi connectivity index (χ4n) is 5.89. The molecule has 1 unspecified atom stereocenters. The lowest BCUT2D eigenvalue weighted by Crippen LogP contribution is -2.50. The summed E-state index contributed by atoms with van der Waals surface area (Å²) in [7, 11) is 0. The van der Waals surface area contributed by atoms with E-state index < -0.39 is 0 Å². The summed E-state index contributed by atoms with van der Waals surface area (Å²) in [6, 6.07) is 2.47. The van der Waals surface area contributed by atoms with E-state index >= 15 is 0 Å². The SMILES string of the molecule is CC(C)C(CC#N)C12CC3CC(CC(C3)C1)C2. The molecule has 4 fully saturated rings. The van der Waals surface area contributed by atoms with Crippen molar-refractivity contribution in [2.45, 2.75) is 58.8 Å². The average molecular weight is 231 g/mol. The second kappa shape index (κ2) is 4.01. The number of hydrogen-bond acceptors (Lipinski definition) is 1. The van der Waals surface area contributed by atoms with Crippen molar-refractivity contribution in [3.05, 3.63) is 0 Å². The van der Waals surface area contributed by atoms with Gasteiger partial charge in [-0.3, -0.25) is 0 Å². The van der Waals surface area contributed by atoms with Gasteiger partial charge in [0.05, 0.1) is 6.07 Å². The molecule has 4 saturated carbocycles. The Morgan fingerprint density at radius 2 is 1.53 bits per heavy atom. The molecule has 4 rings (SSSR count). The van der Waals surface area contributed by atoms with Crippen LogP contribution in [0.2, 0.25) is 0 Å². The van der Waals surface area contributed by atoms with Crippen molar-refractivity contribution in [2.75, 3.05) is 0 Å². The maximum atomic E-state index is 9.14. The van der Waals surface area contributed by atoms with Gasteiger partial charge in [0.2, 0.25) is 0 Å². The van der Waals surface area contributed by atoms with Crippen LogP contribution in [0, 0.1) is 46.3 Å². The van der Waals surface area contributed by atoms with Gasteiger partial charge < -0.3 is 0 Å². The fourth-order valence-corrected chi connectivity index (χ4v) is 5.89. The molecular formula is C16H25N. The van der Waals surface area contributed by atoms with Gasteiger partial charge in [-0.1, -0.05) is 13.8 Å². The third-order valence-corrected chi connectivity index (χ3v) is 5.99. The minimum atomic E-state index is 0.568. The number of hydrogen-bond donors (Lipinski definition) is 0. The summed E-state index contributed by atoms with van der Waals surface area (Å²) in [5, 5.41) is 9.14. The number of rotatable bonds is 3. The highest BCUT2D eigenvalue weighted by Gasteiger charge is 2.54. The van der Waals surface area contributed by atoms with Crippen LogP contribution in [-0.4, -0.2) is 0 Å². The van der Waals surface area contributed by atoms with Crippen LogP contribution < -0.4 is 0 Å². The topological polar surface area (TPSA) is 23.8 Å². The Labute approximate surface area is 106 Å². The van der Waals surface area contributed by atoms with E-state index in [9.17, 15) is 0 Å². The molecule has 0 aromatic heterocycles. The molecule has 0 N–H and O–H groups in total. The molecule has 4 aliphatic rings. The average Bonchev–Trinajstić information content (AvgIpc) is 2.23. The highest BCUT2D eigenvalue weighted by Crippen LogP contribution is 2.64. The number of nitrogens with zero attached hydrogens (tertiary/aromatic N) is 1. The van der Waals surface area contributed by atoms with Crippen LogP contribution in [0.3, 0.4) is 0 Å². The van der Waals surface area contributed by atoms with Crippen molar-refractivity contribution >= 4 is 0 Å². The largest absolute Gasteiger partial charge is 0.198 e. The van der Waals surface area contributed by atoms with E-state index in [0.29, 0.717) is 17.3 Å². The standard InChI is InChI=1S/C16H25N/c1-11(2)15(3-4-17)16-8-12-5-13(9-16)7-14(6-12)10-16/h11-15H,3,5-10H2,1-2H3. The summed E-state index contributed by atoms with van der Waals surface area (Å²) in [6.45, 7) is 4.67. The van der Waals surface area contributed by atoms with Crippen LogP contribution >= 0.6 is 0 Å². The van der Waals surface area contributed by atoms with Crippen LogP contribution in [0.25, 0.3) is 0 Å². The Balaban J connectivity index is 1.87. The van der Waals surface area contributed by atoms with Crippen LogP contribution in [0.4, 0.5) is 0 Å². The maximum absolute atomic E-state index is 9.14. The van der Waals surface area contributed by atoms with Gasteiger partial charge in [-0.2, -0.15) is 5.26 Å². The summed E-state index contributed by atoms with van der Waals surface area (Å²) in [6.07, 6.45) is 9.67. The molecule has 0 aliphatic heterocycles. The van der Waals surface area contributed by atoms with Gasteiger partial charge in [-0.15, -0.1) is 0 Å². The lowest BCUT2D eigenvalue weighted by atomic mass is 9.45. The van der Waals surface area contributed by atoms with E-state index in [0.717, 1.165) is 24.2 Å². The van der Waals surface area contributed by atoms with Crippen molar-refractivity contribution in [3.63, 3.8) is 0 Å². The van der Waals surface area contributed by atoms with Crippen molar-refractivity contribution in [1.29, 1.82) is 5.26 Å². The highest BCUT2D eigenvalue weighted by molar-refractivity contribution is 5.05. The number of nitriles is 1. The van der Waals surface area contributed by atoms with Crippen LogP contribution in [0.5, 0.6) is 0 Å². The van der Waals surface area contributed by atoms with Gasteiger partial charge in [0.25, 0.3) is 0 Å². The molecule has 0 heterocycles. The monoisotopic (exact) mass is 231 g/mol. The summed E-state index contributed by atoms with van der Waals surface area (Å²) < 4.78 is 0. The van der Waals surface area contributed by atoms with Gasteiger partial charge >= 0.3 is 0 Å². The molecule has 1 atom stereocenters. The molecule has 4 bridgehead atoms. The lowest BCUT2D eigenvalue weighted by Gasteiger charge is -2.60. The second-order valence-electron chi connectivity index (χ2n) is 7.49. The van der Waals surface area contributed by atoms with E-state index in [1.54, 1.807) is 0 Å². The van der Waals surface area contributed by atoms with Crippen molar-refractivity contribution in [2.24, 2.45) is 35.0 Å². The molecule has 1 nitrogen and oxygen atoms in total. The smallest absolute Gasteiger partial charge is 0.0624 e. The predicted octanol–water partition coefficient (Wildman–Crippen LogP) is 4.39. The van der Waals surface area contributed by atoms with Crippen LogP contribution in [-0.2, 0) is 0 Å². The highest BCUT2D eigenvalue weighted by atomic mass is 14.6. The fraction of sp³-hybridized carbons (Fsp3) is 0.938. The molecule has 0 aromatic rings. The van der Waals surface area contributed by atoms with Crippen LogP contribution in [0.15, 0.2) is 0 Å². The van der Waals surface area contributed by atoms with Gasteiger partial charge in [0.15, 0.2) is 0 Å². The van der Waals surface area contributed by atoms with Gasteiger partial charge in [0.1, 0.15) is 0 Å². The third-order valence-electron chi connectivity index (χ3n) is 5.99. The zero-order chi connectivity index (χ0) is 12.0. The molecule has 0 amide bonds. The van der Waals surface area contributed by atoms with Crippen molar-refractivity contribution in [1.82, 2.24) is 0 Å². The van der Waals surface area contributed by atoms with Gasteiger partial charge in [0, 0.05) is 6.42 Å². The Morgan fingerprint density at radius 1 is 1.06 bits per heavy atom. The van der Waals surface area contributed by atoms with Crippen molar-refractivity contribution in [3.8, 4) is 6.07 Å². The van der Waals surface area contributed by atoms with E-state index in [4.69, 9.17) is 5.26 Å². The lowest BCUT2D eigenvalue weighted by molar-refractivity contribution is -0.0967. The molecule has 0 aromatic carbocycles. The Hall–Kier alpha value is -0.510. The Bertz CT molecular complexity index is 301. The van der Waals surface area contributed by atoms with Crippen LogP contribution in [0.1, 0.15) is 58.8 Å². The van der Waals surface area contributed by atoms with E-state index in [1.165, 1.54) is 38.5 Å². The molecule has 17 heavy (non-hydrogen) atoms. The normalized spacial score (nSPS) is 44.9. The first-order chi connectivity index (χ1) is 8.13. The molecule has 0 saturated heterocycles. The minimum absolute atomic E-state index is 0.568. The summed E-state index contributed by atoms with van der Waals surface area (Å²) >= 11 is 0. The summed E-state index contributed by atoms with van der Waals surface area (Å²) in [5.74, 6) is 4.40. The zero-order valence-corrected chi connectivity index (χ0v) is 11.3. The Morgan fingerprint density at radius 3 is 1.88 bits per heavy atom. The first-order valence-electron chi connectivity index (χ1n) is 7.50. The van der Waals surface area contributed by atoms with Gasteiger partial charge in [-0.25, -0.2) is 0 Å². The summed E-state index contributed by atoms with van der Waals surface area (Å²) in [5.41, 5.74) is 0.568. The Kier molecular flexibility index (Phi) is 2.73. The molecule has 94 valence electrons. The van der Waals surface area contributed by atoms with E-state index in [-0.39, 0.29) is 0 Å². The molecular weight excluding hydrogens is 206 g/mol. The minimum Gasteiger partial charge on any atom is -0.198 e. The quantitative estimate of drug-likeness (QED) is 0.706. The van der Waals surface area contributed by atoms with E-state index in [1.807, 2.05) is 0 Å². The predicted molar refractivity (Wildman–Crippen MR) is 69.2 cm³/mol. The summed E-state index contributed by atoms with van der Waals surface area (Å²) in [4.78, 5) is 0. The van der Waals surface area contributed by atoms with Crippen molar-refractivity contribution < 1.29 is 0 Å². The zero-order valence-electron chi connectivity index (χ0n) is 11.3. The first kappa shape index (κ1) is 11.6. The third kappa shape index (κ3) is 1.81.